The zero-order valence-electron chi connectivity index (χ0n) is 32.9. The Hall–Kier alpha value is -5.03. The number of hydrogen-bond acceptors (Lipinski definition) is 8. The molecular weight excluding hydrogens is 766 g/mol. The average molecular weight is 815 g/mol. The van der Waals surface area contributed by atoms with Gasteiger partial charge in [-0.1, -0.05) is 33.1 Å². The third-order valence-corrected chi connectivity index (χ3v) is 9.66. The minimum absolute atomic E-state index is 0.0272. The maximum atomic E-state index is 13.9. The smallest absolute Gasteiger partial charge is 0.417 e. The average Bonchev–Trinajstić information content (AvgIpc) is 3.13. The van der Waals surface area contributed by atoms with Crippen molar-refractivity contribution in [1.82, 2.24) is 10.6 Å². The predicted molar refractivity (Wildman–Crippen MR) is 196 cm³/mol. The summed E-state index contributed by atoms with van der Waals surface area (Å²) in [4.78, 5) is 64.4. The number of carbonyl (C=O) groups excluding carboxylic acids is 5. The molecule has 2 N–H and O–H groups in total. The molecule has 0 aromatic heterocycles. The highest BCUT2D eigenvalue weighted by Gasteiger charge is 2.46. The van der Waals surface area contributed by atoms with Crippen LogP contribution in [-0.2, 0) is 31.5 Å². The molecule has 1 fully saturated rings. The largest absolute Gasteiger partial charge is 0.476 e. The molecule has 2 aromatic rings. The first kappa shape index (κ1) is 44.7. The zero-order chi connectivity index (χ0) is 42.7. The van der Waals surface area contributed by atoms with E-state index in [0.29, 0.717) is 13.0 Å². The molecule has 5 rings (SSSR count). The second-order valence-electron chi connectivity index (χ2n) is 14.9. The highest BCUT2D eigenvalue weighted by Crippen LogP contribution is 2.45. The van der Waals surface area contributed by atoms with Crippen LogP contribution in [-0.4, -0.2) is 73.6 Å². The van der Waals surface area contributed by atoms with E-state index in [2.05, 4.69) is 15.4 Å². The van der Waals surface area contributed by atoms with Gasteiger partial charge in [0.2, 0.25) is 5.91 Å². The Bertz CT molecular complexity index is 1870. The van der Waals surface area contributed by atoms with Crippen LogP contribution in [0.4, 0.5) is 37.7 Å². The van der Waals surface area contributed by atoms with Crippen molar-refractivity contribution < 1.29 is 64.5 Å². The molecule has 4 amide bonds. The molecule has 2 heterocycles. The number of methoxy groups -OCH3 is 1. The van der Waals surface area contributed by atoms with Crippen molar-refractivity contribution in [2.45, 2.75) is 116 Å². The summed E-state index contributed by atoms with van der Waals surface area (Å²) < 4.78 is 97.1. The number of anilines is 2. The minimum atomic E-state index is -4.79. The van der Waals surface area contributed by atoms with Gasteiger partial charge in [0.05, 0.1) is 40.7 Å². The highest BCUT2D eigenvalue weighted by molar-refractivity contribution is 6.06. The third kappa shape index (κ3) is 10.1. The highest BCUT2D eigenvalue weighted by atomic mass is 19.4. The van der Waals surface area contributed by atoms with E-state index < -0.39 is 63.6 Å². The van der Waals surface area contributed by atoms with Crippen molar-refractivity contribution in [3.8, 4) is 11.5 Å². The summed E-state index contributed by atoms with van der Waals surface area (Å²) >= 11 is 0. The van der Waals surface area contributed by atoms with Gasteiger partial charge >= 0.3 is 18.3 Å². The van der Waals surface area contributed by atoms with Crippen molar-refractivity contribution >= 4 is 41.0 Å². The number of hydrogen-bond donors (Lipinski definition) is 2. The third-order valence-electron chi connectivity index (χ3n) is 9.66. The van der Waals surface area contributed by atoms with Crippen LogP contribution in [0.1, 0.15) is 118 Å². The maximum absolute atomic E-state index is 13.9. The normalized spacial score (nSPS) is 17.6. The lowest BCUT2D eigenvalue weighted by Crippen LogP contribution is -2.54. The van der Waals surface area contributed by atoms with Crippen LogP contribution in [0.25, 0.3) is 0 Å². The first-order chi connectivity index (χ1) is 26.5. The summed E-state index contributed by atoms with van der Waals surface area (Å²) in [5, 5.41) is 5.37. The van der Waals surface area contributed by atoms with Crippen LogP contribution in [0.2, 0.25) is 0 Å². The molecule has 0 bridgehead atoms. The van der Waals surface area contributed by atoms with Gasteiger partial charge in [-0.05, 0) is 71.2 Å². The van der Waals surface area contributed by atoms with Gasteiger partial charge in [0.15, 0.2) is 11.2 Å². The Kier molecular flexibility index (Phi) is 13.5. The van der Waals surface area contributed by atoms with Crippen LogP contribution in [0.5, 0.6) is 11.5 Å². The first-order valence-electron chi connectivity index (χ1n) is 18.6. The Labute approximate surface area is 326 Å². The van der Waals surface area contributed by atoms with Gasteiger partial charge in [-0.15, -0.1) is 0 Å². The van der Waals surface area contributed by atoms with E-state index in [4.69, 9.17) is 9.47 Å². The number of nitrogens with zero attached hydrogens (tertiary/aromatic N) is 2. The van der Waals surface area contributed by atoms with Gasteiger partial charge in [0.25, 0.3) is 17.7 Å². The number of benzene rings is 2. The van der Waals surface area contributed by atoms with Gasteiger partial charge in [-0.2, -0.15) is 26.3 Å². The number of fused-ring (bicyclic) bond motifs is 2. The van der Waals surface area contributed by atoms with E-state index in [9.17, 15) is 50.3 Å². The number of amides is 4. The number of halogens is 6. The number of ether oxygens (including phenoxy) is 3. The summed E-state index contributed by atoms with van der Waals surface area (Å²) in [5.41, 5.74) is -5.96. The number of rotatable bonds is 9. The van der Waals surface area contributed by atoms with Gasteiger partial charge in [-0.3, -0.25) is 19.2 Å². The van der Waals surface area contributed by atoms with E-state index in [1.165, 1.54) is 37.5 Å². The lowest BCUT2D eigenvalue weighted by molar-refractivity contribution is -0.139. The molecular formula is C39H48F6N4O8. The molecule has 2 aliphatic heterocycles. The van der Waals surface area contributed by atoms with Crippen LogP contribution < -0.4 is 29.9 Å². The molecule has 2 aromatic carbocycles. The van der Waals surface area contributed by atoms with Gasteiger partial charge < -0.3 is 34.6 Å². The van der Waals surface area contributed by atoms with Crippen molar-refractivity contribution in [1.29, 1.82) is 0 Å². The summed E-state index contributed by atoms with van der Waals surface area (Å²) in [7, 11) is 0.997. The Morgan fingerprint density at radius 1 is 0.772 bits per heavy atom. The molecule has 12 nitrogen and oxygen atoms in total. The molecule has 3 aliphatic rings. The summed E-state index contributed by atoms with van der Waals surface area (Å²) in [6, 6.07) is 3.44. The van der Waals surface area contributed by atoms with Gasteiger partial charge in [0.1, 0.15) is 11.5 Å². The molecule has 0 saturated heterocycles. The molecule has 18 heteroatoms. The number of esters is 1. The maximum Gasteiger partial charge on any atom is 0.417 e. The van der Waals surface area contributed by atoms with Crippen LogP contribution >= 0.6 is 0 Å². The van der Waals surface area contributed by atoms with Crippen molar-refractivity contribution in [3.05, 3.63) is 46.5 Å². The van der Waals surface area contributed by atoms with Gasteiger partial charge in [-0.25, -0.2) is 4.79 Å². The lowest BCUT2D eigenvalue weighted by Gasteiger charge is -2.39. The van der Waals surface area contributed by atoms with Crippen LogP contribution in [0.15, 0.2) is 24.3 Å². The Morgan fingerprint density at radius 2 is 1.25 bits per heavy atom. The lowest BCUT2D eigenvalue weighted by atomic mass is 9.94. The minimum Gasteiger partial charge on any atom is -0.476 e. The fourth-order valence-corrected chi connectivity index (χ4v) is 6.77. The number of alkyl halides is 6. The summed E-state index contributed by atoms with van der Waals surface area (Å²) in [6.07, 6.45) is -4.39. The van der Waals surface area contributed by atoms with Crippen molar-refractivity contribution in [2.24, 2.45) is 0 Å². The quantitative estimate of drug-likeness (QED) is 0.200. The molecule has 1 saturated carbocycles. The second-order valence-corrected chi connectivity index (χ2v) is 14.9. The van der Waals surface area contributed by atoms with E-state index in [-0.39, 0.29) is 60.2 Å². The van der Waals surface area contributed by atoms with E-state index >= 15 is 0 Å². The van der Waals surface area contributed by atoms with E-state index in [1.807, 2.05) is 6.92 Å². The predicted octanol–water partition coefficient (Wildman–Crippen LogP) is 7.20. The van der Waals surface area contributed by atoms with Crippen molar-refractivity contribution in [2.75, 3.05) is 36.5 Å². The molecule has 314 valence electrons. The Morgan fingerprint density at radius 3 is 1.70 bits per heavy atom. The second kappa shape index (κ2) is 17.2. The van der Waals surface area contributed by atoms with Crippen LogP contribution in [0, 0.1) is 0 Å². The summed E-state index contributed by atoms with van der Waals surface area (Å²) in [5.74, 6) is -3.25. The first-order valence-corrected chi connectivity index (χ1v) is 18.6. The number of carbonyl (C=O) groups is 5. The molecule has 0 atom stereocenters. The zero-order valence-corrected chi connectivity index (χ0v) is 32.9. The summed E-state index contributed by atoms with van der Waals surface area (Å²) in [6.45, 7) is 9.86. The molecule has 0 spiro atoms. The fraction of sp³-hybridized carbons (Fsp3) is 0.564. The SMILES string of the molecule is CCC(=O)NCCN1C(=O)C(C)(C)Oc2cc(C(F)(F)F)c(C(=O)NC3CCCCC3)cc21.CCCN1C(=O)C(C)(C)Oc2cc(C(F)(F)F)c(C(=O)OC)cc21. The molecule has 0 unspecified atom stereocenters. The number of nitrogens with one attached hydrogen (secondary N) is 2. The molecule has 1 aliphatic carbocycles. The van der Waals surface area contributed by atoms with Crippen LogP contribution in [0.3, 0.4) is 0 Å². The standard InChI is InChI=1S/C23H30F3N3O4.C16H18F3NO4/c1-4-19(30)27-10-11-29-17-12-15(20(31)28-14-8-6-5-7-9-14)16(23(24,25)26)13-18(17)33-22(2,3)21(29)32;1-5-6-20-11-7-9(13(21)23-4)10(16(17,18)19)8-12(11)24-15(2,3)14(20)22/h12-14H,4-11H2,1-3H3,(H,27,30)(H,28,31);7-8H,5-6H2,1-4H3. The molecule has 57 heavy (non-hydrogen) atoms. The van der Waals surface area contributed by atoms with Gasteiger partial charge in [0, 0.05) is 32.1 Å². The monoisotopic (exact) mass is 814 g/mol. The van der Waals surface area contributed by atoms with E-state index in [1.54, 1.807) is 6.92 Å². The van der Waals surface area contributed by atoms with E-state index in [0.717, 1.165) is 63.5 Å². The topological polar surface area (TPSA) is 144 Å². The molecule has 0 radical (unpaired) electrons. The fourth-order valence-electron chi connectivity index (χ4n) is 6.77. The van der Waals surface area contributed by atoms with Crippen molar-refractivity contribution in [3.63, 3.8) is 0 Å². The Balaban J connectivity index is 0.000000266.